The number of rotatable bonds is 6. The van der Waals surface area contributed by atoms with Gasteiger partial charge in [-0.1, -0.05) is 0 Å². The largest absolute Gasteiger partial charge is 0.481 e. The molecule has 0 aliphatic carbocycles. The standard InChI is InChI=1S/C16H22N4O6/c1-4-26-13(21)10-17-16(23)20-9-5-8-19(20)15(22)11-6-7-12(24-2)18-14(11)25-3/h6-7H,4-5,8-10H2,1-3H3,(H,17,23). The van der Waals surface area contributed by atoms with Crippen LogP contribution in [0.25, 0.3) is 0 Å². The molecule has 0 bridgehead atoms. The number of nitrogens with one attached hydrogen (secondary N) is 1. The van der Waals surface area contributed by atoms with Crippen molar-refractivity contribution in [2.75, 3.05) is 40.5 Å². The van der Waals surface area contributed by atoms with Gasteiger partial charge < -0.3 is 19.5 Å². The maximum absolute atomic E-state index is 12.8. The number of carbonyl (C=O) groups is 3. The number of hydrazine groups is 1. The van der Waals surface area contributed by atoms with E-state index in [0.29, 0.717) is 25.4 Å². The Hall–Kier alpha value is -3.04. The molecule has 2 heterocycles. The number of amides is 3. The van der Waals surface area contributed by atoms with Crippen molar-refractivity contribution in [3.63, 3.8) is 0 Å². The number of urea groups is 1. The molecular weight excluding hydrogens is 344 g/mol. The van der Waals surface area contributed by atoms with Crippen LogP contribution in [-0.2, 0) is 9.53 Å². The first-order valence-corrected chi connectivity index (χ1v) is 8.13. The summed E-state index contributed by atoms with van der Waals surface area (Å²) in [6, 6.07) is 2.51. The van der Waals surface area contributed by atoms with Gasteiger partial charge in [-0.3, -0.25) is 9.59 Å². The summed E-state index contributed by atoms with van der Waals surface area (Å²) >= 11 is 0. The molecule has 1 aliphatic heterocycles. The van der Waals surface area contributed by atoms with E-state index in [1.807, 2.05) is 0 Å². The van der Waals surface area contributed by atoms with Gasteiger partial charge in [-0.15, -0.1) is 0 Å². The molecule has 10 nitrogen and oxygen atoms in total. The molecule has 0 atom stereocenters. The molecule has 1 aromatic heterocycles. The van der Waals surface area contributed by atoms with Crippen LogP contribution in [-0.4, -0.2) is 73.4 Å². The molecule has 1 aromatic rings. The van der Waals surface area contributed by atoms with E-state index in [1.54, 1.807) is 6.92 Å². The van der Waals surface area contributed by atoms with Gasteiger partial charge >= 0.3 is 12.0 Å². The fourth-order valence-electron chi connectivity index (χ4n) is 2.48. The second-order valence-electron chi connectivity index (χ2n) is 5.28. The highest BCUT2D eigenvalue weighted by Crippen LogP contribution is 2.23. The Kier molecular flexibility index (Phi) is 6.59. The highest BCUT2D eigenvalue weighted by atomic mass is 16.5. The van der Waals surface area contributed by atoms with Crippen LogP contribution >= 0.6 is 0 Å². The molecule has 10 heteroatoms. The first-order valence-electron chi connectivity index (χ1n) is 8.13. The number of hydrogen-bond donors (Lipinski definition) is 1. The number of hydrogen-bond acceptors (Lipinski definition) is 7. The Morgan fingerprint density at radius 2 is 1.88 bits per heavy atom. The Labute approximate surface area is 151 Å². The molecule has 0 aromatic carbocycles. The lowest BCUT2D eigenvalue weighted by Crippen LogP contribution is -2.50. The predicted molar refractivity (Wildman–Crippen MR) is 89.7 cm³/mol. The Bertz CT molecular complexity index is 681. The predicted octanol–water partition coefficient (Wildman–Crippen LogP) is 0.434. The second kappa shape index (κ2) is 8.88. The zero-order chi connectivity index (χ0) is 19.1. The van der Waals surface area contributed by atoms with Crippen molar-refractivity contribution in [1.29, 1.82) is 0 Å². The minimum absolute atomic E-state index is 0.105. The summed E-state index contributed by atoms with van der Waals surface area (Å²) in [5.74, 6) is -0.559. The number of ether oxygens (including phenoxy) is 3. The lowest BCUT2D eigenvalue weighted by atomic mass is 10.2. The number of carbonyl (C=O) groups excluding carboxylic acids is 3. The van der Waals surface area contributed by atoms with Crippen molar-refractivity contribution < 1.29 is 28.6 Å². The van der Waals surface area contributed by atoms with E-state index in [4.69, 9.17) is 14.2 Å². The number of pyridine rings is 1. The van der Waals surface area contributed by atoms with E-state index in [1.165, 1.54) is 36.4 Å². The summed E-state index contributed by atoms with van der Waals surface area (Å²) in [4.78, 5) is 40.6. The molecule has 1 N–H and O–H groups in total. The minimum Gasteiger partial charge on any atom is -0.481 e. The Morgan fingerprint density at radius 3 is 2.54 bits per heavy atom. The maximum Gasteiger partial charge on any atom is 0.336 e. The lowest BCUT2D eigenvalue weighted by Gasteiger charge is -2.28. The molecule has 1 aliphatic rings. The molecule has 0 spiro atoms. The van der Waals surface area contributed by atoms with Gasteiger partial charge in [0.25, 0.3) is 5.91 Å². The minimum atomic E-state index is -0.552. The van der Waals surface area contributed by atoms with Crippen LogP contribution in [0.3, 0.4) is 0 Å². The van der Waals surface area contributed by atoms with Crippen LogP contribution in [0, 0.1) is 0 Å². The fraction of sp³-hybridized carbons (Fsp3) is 0.500. The van der Waals surface area contributed by atoms with Crippen molar-refractivity contribution in [1.82, 2.24) is 20.3 Å². The van der Waals surface area contributed by atoms with Gasteiger partial charge in [-0.05, 0) is 19.4 Å². The highest BCUT2D eigenvalue weighted by molar-refractivity contribution is 5.97. The van der Waals surface area contributed by atoms with Crippen molar-refractivity contribution in [3.8, 4) is 11.8 Å². The van der Waals surface area contributed by atoms with Gasteiger partial charge in [0.1, 0.15) is 12.1 Å². The molecule has 26 heavy (non-hydrogen) atoms. The molecule has 2 rings (SSSR count). The third-order valence-corrected chi connectivity index (χ3v) is 3.66. The quantitative estimate of drug-likeness (QED) is 0.727. The van der Waals surface area contributed by atoms with Crippen molar-refractivity contribution in [3.05, 3.63) is 17.7 Å². The molecule has 1 saturated heterocycles. The smallest absolute Gasteiger partial charge is 0.336 e. The topological polar surface area (TPSA) is 110 Å². The average Bonchev–Trinajstić information content (AvgIpc) is 3.15. The van der Waals surface area contributed by atoms with Crippen LogP contribution in [0.15, 0.2) is 12.1 Å². The number of aromatic nitrogens is 1. The van der Waals surface area contributed by atoms with E-state index >= 15 is 0 Å². The van der Waals surface area contributed by atoms with Crippen LogP contribution in [0.1, 0.15) is 23.7 Å². The number of esters is 1. The van der Waals surface area contributed by atoms with E-state index in [0.717, 1.165) is 0 Å². The summed E-state index contributed by atoms with van der Waals surface area (Å²) in [5, 5.41) is 5.00. The lowest BCUT2D eigenvalue weighted by molar-refractivity contribution is -0.141. The van der Waals surface area contributed by atoms with Crippen LogP contribution in [0.4, 0.5) is 4.79 Å². The summed E-state index contributed by atoms with van der Waals surface area (Å²) in [5.41, 5.74) is 0.207. The molecule has 142 valence electrons. The SMILES string of the molecule is CCOC(=O)CNC(=O)N1CCCN1C(=O)c1ccc(OC)nc1OC. The van der Waals surface area contributed by atoms with E-state index in [9.17, 15) is 14.4 Å². The van der Waals surface area contributed by atoms with Gasteiger partial charge in [0.05, 0.1) is 20.8 Å². The Balaban J connectivity index is 2.10. The number of methoxy groups -OCH3 is 2. The zero-order valence-corrected chi connectivity index (χ0v) is 15.0. The van der Waals surface area contributed by atoms with Gasteiger partial charge in [0.2, 0.25) is 11.8 Å². The summed E-state index contributed by atoms with van der Waals surface area (Å²) in [7, 11) is 2.85. The third kappa shape index (κ3) is 4.32. The highest BCUT2D eigenvalue weighted by Gasteiger charge is 2.33. The first kappa shape index (κ1) is 19.3. The molecule has 0 saturated carbocycles. The molecule has 1 fully saturated rings. The maximum atomic E-state index is 12.8. The van der Waals surface area contributed by atoms with Gasteiger partial charge in [-0.2, -0.15) is 4.98 Å². The van der Waals surface area contributed by atoms with Gasteiger partial charge in [-0.25, -0.2) is 14.8 Å². The van der Waals surface area contributed by atoms with Crippen LogP contribution in [0.2, 0.25) is 0 Å². The molecule has 3 amide bonds. The normalized spacial score (nSPS) is 13.3. The third-order valence-electron chi connectivity index (χ3n) is 3.66. The van der Waals surface area contributed by atoms with Crippen molar-refractivity contribution >= 4 is 17.9 Å². The van der Waals surface area contributed by atoms with Crippen LogP contribution in [0.5, 0.6) is 11.8 Å². The second-order valence-corrected chi connectivity index (χ2v) is 5.28. The molecule has 0 unspecified atom stereocenters. The Morgan fingerprint density at radius 1 is 1.15 bits per heavy atom. The summed E-state index contributed by atoms with van der Waals surface area (Å²) in [6.45, 7) is 2.36. The van der Waals surface area contributed by atoms with Gasteiger partial charge in [0.15, 0.2) is 0 Å². The average molecular weight is 366 g/mol. The zero-order valence-electron chi connectivity index (χ0n) is 15.0. The van der Waals surface area contributed by atoms with Crippen molar-refractivity contribution in [2.45, 2.75) is 13.3 Å². The van der Waals surface area contributed by atoms with Crippen LogP contribution < -0.4 is 14.8 Å². The monoisotopic (exact) mass is 366 g/mol. The van der Waals surface area contributed by atoms with Gasteiger partial charge in [0, 0.05) is 19.2 Å². The number of nitrogens with zero attached hydrogens (tertiary/aromatic N) is 3. The summed E-state index contributed by atoms with van der Waals surface area (Å²) < 4.78 is 14.9. The first-order chi connectivity index (χ1) is 12.5. The molecule has 0 radical (unpaired) electrons. The van der Waals surface area contributed by atoms with E-state index in [-0.39, 0.29) is 24.6 Å². The van der Waals surface area contributed by atoms with Crippen molar-refractivity contribution in [2.24, 2.45) is 0 Å². The molecular formula is C16H22N4O6. The van der Waals surface area contributed by atoms with E-state index < -0.39 is 17.9 Å². The fourth-order valence-corrected chi connectivity index (χ4v) is 2.48. The summed E-state index contributed by atoms with van der Waals surface area (Å²) in [6.07, 6.45) is 0.616. The van der Waals surface area contributed by atoms with E-state index in [2.05, 4.69) is 10.3 Å².